The largest absolute Gasteiger partial charge is 0.465 e. The first kappa shape index (κ1) is 14.2. The molecule has 0 radical (unpaired) electrons. The number of aliphatic hydroxyl groups excluding tert-OH is 1. The summed E-state index contributed by atoms with van der Waals surface area (Å²) in [4.78, 5) is 11.7. The lowest BCUT2D eigenvalue weighted by Crippen LogP contribution is -2.40. The van der Waals surface area contributed by atoms with Gasteiger partial charge in [-0.2, -0.15) is 13.2 Å². The Balaban J connectivity index is 4.09. The van der Waals surface area contributed by atoms with Gasteiger partial charge in [-0.1, -0.05) is 0 Å². The normalized spacial score (nSPS) is 11.9. The molecule has 0 heterocycles. The molecule has 0 aliphatic carbocycles. The molecule has 0 aromatic rings. The van der Waals surface area contributed by atoms with Crippen LogP contribution >= 0.6 is 0 Å². The smallest absolute Gasteiger partial charge is 0.401 e. The van der Waals surface area contributed by atoms with E-state index in [0.717, 1.165) is 4.90 Å². The third-order valence-electron chi connectivity index (χ3n) is 1.48. The third kappa shape index (κ3) is 8.19. The Bertz CT molecular complexity index is 196. The van der Waals surface area contributed by atoms with Crippen molar-refractivity contribution in [2.45, 2.75) is 13.1 Å². The standard InChI is InChI=1S/C8H14F3NO3/c1-2-15-7(14)5-12(3-4-13)6-8(9,10)11/h13H,2-6H2,1H3. The Morgan fingerprint density at radius 1 is 1.47 bits per heavy atom. The molecule has 0 amide bonds. The minimum absolute atomic E-state index is 0.123. The van der Waals surface area contributed by atoms with Gasteiger partial charge in [0, 0.05) is 6.54 Å². The van der Waals surface area contributed by atoms with E-state index in [4.69, 9.17) is 5.11 Å². The number of hydrogen-bond donors (Lipinski definition) is 1. The summed E-state index contributed by atoms with van der Waals surface area (Å²) in [6.45, 7) is -0.649. The molecule has 15 heavy (non-hydrogen) atoms. The van der Waals surface area contributed by atoms with Crippen LogP contribution in [-0.4, -0.2) is 55.0 Å². The Morgan fingerprint density at radius 2 is 2.07 bits per heavy atom. The summed E-state index contributed by atoms with van der Waals surface area (Å²) in [5.41, 5.74) is 0. The summed E-state index contributed by atoms with van der Waals surface area (Å²) < 4.78 is 40.5. The first-order valence-electron chi connectivity index (χ1n) is 4.44. The van der Waals surface area contributed by atoms with Gasteiger partial charge in [0.05, 0.1) is 26.3 Å². The lowest BCUT2D eigenvalue weighted by atomic mass is 10.4. The van der Waals surface area contributed by atoms with Crippen molar-refractivity contribution in [2.24, 2.45) is 0 Å². The number of aliphatic hydroxyl groups is 1. The van der Waals surface area contributed by atoms with E-state index >= 15 is 0 Å². The monoisotopic (exact) mass is 229 g/mol. The van der Waals surface area contributed by atoms with Gasteiger partial charge in [0.15, 0.2) is 0 Å². The summed E-state index contributed by atoms with van der Waals surface area (Å²) in [5.74, 6) is -0.727. The molecule has 0 aliphatic heterocycles. The first-order valence-corrected chi connectivity index (χ1v) is 4.44. The molecule has 0 atom stereocenters. The highest BCUT2D eigenvalue weighted by molar-refractivity contribution is 5.71. The molecule has 0 saturated heterocycles. The van der Waals surface area contributed by atoms with Crippen LogP contribution in [0.5, 0.6) is 0 Å². The van der Waals surface area contributed by atoms with Gasteiger partial charge >= 0.3 is 12.1 Å². The van der Waals surface area contributed by atoms with Crippen molar-refractivity contribution in [1.82, 2.24) is 4.90 Å². The highest BCUT2D eigenvalue weighted by Gasteiger charge is 2.31. The van der Waals surface area contributed by atoms with Crippen molar-refractivity contribution in [2.75, 3.05) is 32.8 Å². The maximum Gasteiger partial charge on any atom is 0.401 e. The van der Waals surface area contributed by atoms with Gasteiger partial charge in [0.1, 0.15) is 0 Å². The second-order valence-electron chi connectivity index (χ2n) is 2.85. The first-order chi connectivity index (χ1) is 6.89. The highest BCUT2D eigenvalue weighted by Crippen LogP contribution is 2.16. The number of esters is 1. The molecule has 90 valence electrons. The van der Waals surface area contributed by atoms with Crippen LogP contribution in [-0.2, 0) is 9.53 Å². The quantitative estimate of drug-likeness (QED) is 0.670. The topological polar surface area (TPSA) is 49.8 Å². The van der Waals surface area contributed by atoms with Crippen LogP contribution in [0.2, 0.25) is 0 Å². The van der Waals surface area contributed by atoms with Crippen molar-refractivity contribution in [3.63, 3.8) is 0 Å². The van der Waals surface area contributed by atoms with Crippen molar-refractivity contribution < 1.29 is 27.8 Å². The minimum Gasteiger partial charge on any atom is -0.465 e. The Kier molecular flexibility index (Phi) is 6.26. The number of ether oxygens (including phenoxy) is 1. The molecule has 0 unspecified atom stereocenters. The van der Waals surface area contributed by atoms with Crippen molar-refractivity contribution in [3.05, 3.63) is 0 Å². The van der Waals surface area contributed by atoms with Gasteiger partial charge in [-0.05, 0) is 6.92 Å². The van der Waals surface area contributed by atoms with Crippen LogP contribution < -0.4 is 0 Å². The van der Waals surface area contributed by atoms with Gasteiger partial charge in [-0.3, -0.25) is 9.69 Å². The highest BCUT2D eigenvalue weighted by atomic mass is 19.4. The van der Waals surface area contributed by atoms with Gasteiger partial charge in [0.25, 0.3) is 0 Å². The lowest BCUT2D eigenvalue weighted by Gasteiger charge is -2.21. The van der Waals surface area contributed by atoms with Gasteiger partial charge in [-0.25, -0.2) is 0 Å². The minimum atomic E-state index is -4.39. The Labute approximate surface area is 85.6 Å². The Morgan fingerprint density at radius 3 is 2.47 bits per heavy atom. The van der Waals surface area contributed by atoms with E-state index in [1.807, 2.05) is 0 Å². The summed E-state index contributed by atoms with van der Waals surface area (Å²) in [6, 6.07) is 0. The number of hydrogen-bond acceptors (Lipinski definition) is 4. The maximum absolute atomic E-state index is 12.0. The van der Waals surface area contributed by atoms with Gasteiger partial charge in [0.2, 0.25) is 0 Å². The van der Waals surface area contributed by atoms with E-state index < -0.39 is 31.8 Å². The van der Waals surface area contributed by atoms with Crippen molar-refractivity contribution in [3.8, 4) is 0 Å². The zero-order valence-electron chi connectivity index (χ0n) is 8.38. The average molecular weight is 229 g/mol. The molecule has 4 nitrogen and oxygen atoms in total. The van der Waals surface area contributed by atoms with Gasteiger partial charge in [-0.15, -0.1) is 0 Å². The molecule has 1 N–H and O–H groups in total. The number of halogens is 3. The molecule has 0 aliphatic rings. The van der Waals surface area contributed by atoms with E-state index in [1.165, 1.54) is 0 Å². The van der Waals surface area contributed by atoms with Crippen LogP contribution in [0.3, 0.4) is 0 Å². The summed E-state index contributed by atoms with van der Waals surface area (Å²) >= 11 is 0. The predicted octanol–water partition coefficient (Wildman–Crippen LogP) is 0.406. The number of alkyl halides is 3. The number of rotatable bonds is 6. The number of carbonyl (C=O) groups is 1. The van der Waals surface area contributed by atoms with Crippen LogP contribution in [0, 0.1) is 0 Å². The van der Waals surface area contributed by atoms with E-state index in [0.29, 0.717) is 0 Å². The third-order valence-corrected chi connectivity index (χ3v) is 1.48. The molecule has 0 spiro atoms. The predicted molar refractivity (Wildman–Crippen MR) is 46.2 cm³/mol. The van der Waals surface area contributed by atoms with Crippen LogP contribution in [0.4, 0.5) is 13.2 Å². The summed E-state index contributed by atoms with van der Waals surface area (Å²) in [5, 5.41) is 8.52. The lowest BCUT2D eigenvalue weighted by molar-refractivity contribution is -0.157. The molecule has 0 aromatic heterocycles. The second kappa shape index (κ2) is 6.62. The fourth-order valence-electron chi connectivity index (χ4n) is 0.998. The van der Waals surface area contributed by atoms with E-state index in [-0.39, 0.29) is 13.2 Å². The fraction of sp³-hybridized carbons (Fsp3) is 0.875. The molecular weight excluding hydrogens is 215 g/mol. The second-order valence-corrected chi connectivity index (χ2v) is 2.85. The number of nitrogens with zero attached hydrogens (tertiary/aromatic N) is 1. The summed E-state index contributed by atoms with van der Waals surface area (Å²) in [6.07, 6.45) is -4.39. The average Bonchev–Trinajstić information content (AvgIpc) is 2.01. The fourth-order valence-corrected chi connectivity index (χ4v) is 0.998. The van der Waals surface area contributed by atoms with Crippen LogP contribution in [0.15, 0.2) is 0 Å². The summed E-state index contributed by atoms with van der Waals surface area (Å²) in [7, 11) is 0. The molecule has 0 rings (SSSR count). The Hall–Kier alpha value is -0.820. The van der Waals surface area contributed by atoms with E-state index in [9.17, 15) is 18.0 Å². The zero-order chi connectivity index (χ0) is 11.9. The molecular formula is C8H14F3NO3. The maximum atomic E-state index is 12.0. The van der Waals surface area contributed by atoms with Gasteiger partial charge < -0.3 is 9.84 Å². The van der Waals surface area contributed by atoms with Crippen LogP contribution in [0.1, 0.15) is 6.92 Å². The zero-order valence-corrected chi connectivity index (χ0v) is 8.38. The molecule has 0 saturated carbocycles. The van der Waals surface area contributed by atoms with E-state index in [2.05, 4.69) is 4.74 Å². The number of carbonyl (C=O) groups excluding carboxylic acids is 1. The molecule has 7 heteroatoms. The SMILES string of the molecule is CCOC(=O)CN(CCO)CC(F)(F)F. The van der Waals surface area contributed by atoms with E-state index in [1.54, 1.807) is 6.92 Å². The molecule has 0 fully saturated rings. The van der Waals surface area contributed by atoms with Crippen LogP contribution in [0.25, 0.3) is 0 Å². The van der Waals surface area contributed by atoms with Crippen molar-refractivity contribution in [1.29, 1.82) is 0 Å². The van der Waals surface area contributed by atoms with Crippen molar-refractivity contribution >= 4 is 5.97 Å². The molecule has 0 aromatic carbocycles. The molecule has 0 bridgehead atoms.